The number of ether oxygens (including phenoxy) is 4. The lowest BCUT2D eigenvalue weighted by Crippen LogP contribution is -2.43. The van der Waals surface area contributed by atoms with E-state index < -0.39 is 58.9 Å². The van der Waals surface area contributed by atoms with Gasteiger partial charge in [0, 0.05) is 0 Å². The normalized spacial score (nSPS) is 43.1. The lowest BCUT2D eigenvalue weighted by Gasteiger charge is -2.37. The van der Waals surface area contributed by atoms with Crippen LogP contribution in [0.15, 0.2) is 0 Å². The van der Waals surface area contributed by atoms with Crippen LogP contribution in [-0.2, 0) is 42.9 Å². The Bertz CT molecular complexity index is 872. The smallest absolute Gasteiger partial charge is 0.317 e. The van der Waals surface area contributed by atoms with E-state index in [9.17, 15) is 24.0 Å². The Morgan fingerprint density at radius 1 is 0.968 bits per heavy atom. The molecule has 0 aromatic carbocycles. The predicted octanol–water partition coefficient (Wildman–Crippen LogP) is 0.878. The molecular weight excluding hydrogens is 408 g/mol. The second-order valence-electron chi connectivity index (χ2n) is 10.3. The Kier molecular flexibility index (Phi) is 4.55. The van der Waals surface area contributed by atoms with E-state index in [4.69, 9.17) is 18.9 Å². The van der Waals surface area contributed by atoms with Crippen LogP contribution >= 0.6 is 0 Å². The van der Waals surface area contributed by atoms with Gasteiger partial charge in [-0.2, -0.15) is 0 Å². The number of rotatable bonds is 6. The molecule has 0 aromatic rings. The molecule has 9 unspecified atom stereocenters. The number of epoxide rings is 1. The number of carbonyl (C=O) groups excluding carboxylic acids is 5. The topological polar surface area (TPSA) is 126 Å². The molecule has 3 saturated heterocycles. The van der Waals surface area contributed by atoms with Crippen molar-refractivity contribution in [3.8, 4) is 0 Å². The molecule has 0 spiro atoms. The fourth-order valence-corrected chi connectivity index (χ4v) is 6.58. The first-order valence-corrected chi connectivity index (χ1v) is 10.9. The Morgan fingerprint density at radius 2 is 1.55 bits per heavy atom. The van der Waals surface area contributed by atoms with Crippen LogP contribution in [-0.4, -0.2) is 49.2 Å². The van der Waals surface area contributed by atoms with Crippen LogP contribution in [0.3, 0.4) is 0 Å². The number of cyclic esters (lactones) is 4. The lowest BCUT2D eigenvalue weighted by atomic mass is 9.62. The minimum absolute atomic E-state index is 0.0438. The van der Waals surface area contributed by atoms with Crippen molar-refractivity contribution < 1.29 is 42.9 Å². The standard InChI is InChI=1S/C22H26O9/c1-8-10-4-11(15-14(10)18(24)31-19(15)25)13(8)16-12(17(23)30-20(16)26)5-22(2,3)21(27)29-7-9-6-28-9/h8-16H,4-7H2,1-3H3. The molecule has 31 heavy (non-hydrogen) atoms. The van der Waals surface area contributed by atoms with Gasteiger partial charge in [-0.05, 0) is 50.4 Å². The van der Waals surface area contributed by atoms with Crippen LogP contribution in [0.2, 0.25) is 0 Å². The molecule has 0 radical (unpaired) electrons. The summed E-state index contributed by atoms with van der Waals surface area (Å²) in [6.07, 6.45) is 0.687. The van der Waals surface area contributed by atoms with Gasteiger partial charge in [0.1, 0.15) is 12.7 Å². The van der Waals surface area contributed by atoms with E-state index in [1.54, 1.807) is 13.8 Å². The molecule has 9 nitrogen and oxygen atoms in total. The summed E-state index contributed by atoms with van der Waals surface area (Å²) >= 11 is 0. The molecule has 9 atom stereocenters. The minimum Gasteiger partial charge on any atom is -0.462 e. The molecule has 9 heteroatoms. The van der Waals surface area contributed by atoms with Crippen LogP contribution in [0.1, 0.15) is 33.6 Å². The van der Waals surface area contributed by atoms with E-state index in [-0.39, 0.29) is 42.8 Å². The molecule has 3 heterocycles. The van der Waals surface area contributed by atoms with Gasteiger partial charge in [0.2, 0.25) is 0 Å². The van der Waals surface area contributed by atoms with E-state index in [1.807, 2.05) is 6.92 Å². The fraction of sp³-hybridized carbons (Fsp3) is 0.773. The van der Waals surface area contributed by atoms with Crippen molar-refractivity contribution in [3.63, 3.8) is 0 Å². The van der Waals surface area contributed by atoms with E-state index in [1.165, 1.54) is 0 Å². The van der Waals surface area contributed by atoms with Crippen molar-refractivity contribution in [1.29, 1.82) is 0 Å². The third-order valence-electron chi connectivity index (χ3n) is 8.09. The highest BCUT2D eigenvalue weighted by atomic mass is 16.6. The van der Waals surface area contributed by atoms with Crippen molar-refractivity contribution in [2.75, 3.05) is 13.2 Å². The maximum absolute atomic E-state index is 12.8. The van der Waals surface area contributed by atoms with Gasteiger partial charge in [0.05, 0.1) is 35.7 Å². The number of hydrogen-bond acceptors (Lipinski definition) is 9. The van der Waals surface area contributed by atoms with Crippen LogP contribution in [0.4, 0.5) is 0 Å². The predicted molar refractivity (Wildman–Crippen MR) is 99.5 cm³/mol. The summed E-state index contributed by atoms with van der Waals surface area (Å²) in [5.74, 6) is -5.85. The van der Waals surface area contributed by atoms with Crippen LogP contribution < -0.4 is 0 Å². The Morgan fingerprint density at radius 3 is 2.19 bits per heavy atom. The van der Waals surface area contributed by atoms with Crippen molar-refractivity contribution in [1.82, 2.24) is 0 Å². The summed E-state index contributed by atoms with van der Waals surface area (Å²) < 4.78 is 20.3. The zero-order chi connectivity index (χ0) is 22.2. The SMILES string of the molecule is CC1C2CC(C3C(=O)OC(=O)C23)C1C1C(=O)OC(=O)C1CC(C)(C)C(=O)OCC1CO1. The molecule has 0 aromatic heterocycles. The van der Waals surface area contributed by atoms with Crippen LogP contribution in [0.25, 0.3) is 0 Å². The average molecular weight is 434 g/mol. The maximum atomic E-state index is 12.8. The van der Waals surface area contributed by atoms with Crippen molar-refractivity contribution in [3.05, 3.63) is 0 Å². The third kappa shape index (κ3) is 3.11. The summed E-state index contributed by atoms with van der Waals surface area (Å²) in [5, 5.41) is 0. The number of hydrogen-bond donors (Lipinski definition) is 0. The lowest BCUT2D eigenvalue weighted by molar-refractivity contribution is -0.157. The van der Waals surface area contributed by atoms with Crippen molar-refractivity contribution in [2.24, 2.45) is 52.8 Å². The van der Waals surface area contributed by atoms with E-state index in [0.29, 0.717) is 13.0 Å². The summed E-state index contributed by atoms with van der Waals surface area (Å²) in [6.45, 7) is 6.06. The van der Waals surface area contributed by atoms with E-state index >= 15 is 0 Å². The molecule has 3 aliphatic heterocycles. The Balaban J connectivity index is 1.37. The van der Waals surface area contributed by atoms with Crippen molar-refractivity contribution >= 4 is 29.8 Å². The molecule has 5 aliphatic rings. The third-order valence-corrected chi connectivity index (χ3v) is 8.09. The molecule has 168 valence electrons. The minimum atomic E-state index is -1.01. The summed E-state index contributed by atoms with van der Waals surface area (Å²) in [4.78, 5) is 62.4. The number of esters is 5. The highest BCUT2D eigenvalue weighted by Crippen LogP contribution is 2.64. The molecular formula is C22H26O9. The monoisotopic (exact) mass is 434 g/mol. The summed E-state index contributed by atoms with van der Waals surface area (Å²) in [7, 11) is 0. The Hall–Kier alpha value is -2.29. The van der Waals surface area contributed by atoms with Gasteiger partial charge in [-0.25, -0.2) is 0 Å². The number of fused-ring (bicyclic) bond motifs is 5. The zero-order valence-electron chi connectivity index (χ0n) is 17.7. The zero-order valence-corrected chi connectivity index (χ0v) is 17.7. The summed E-state index contributed by atoms with van der Waals surface area (Å²) in [5.41, 5.74) is -1.01. The van der Waals surface area contributed by atoms with Crippen LogP contribution in [0.5, 0.6) is 0 Å². The first-order chi connectivity index (χ1) is 14.6. The first-order valence-electron chi connectivity index (χ1n) is 10.9. The fourth-order valence-electron chi connectivity index (χ4n) is 6.58. The molecule has 0 N–H and O–H groups in total. The van der Waals surface area contributed by atoms with Crippen molar-refractivity contribution in [2.45, 2.75) is 39.7 Å². The average Bonchev–Trinajstić information content (AvgIpc) is 3.16. The molecule has 5 rings (SSSR count). The highest BCUT2D eigenvalue weighted by Gasteiger charge is 2.69. The second-order valence-corrected chi connectivity index (χ2v) is 10.3. The molecule has 2 saturated carbocycles. The van der Waals surface area contributed by atoms with Gasteiger partial charge >= 0.3 is 29.8 Å². The maximum Gasteiger partial charge on any atom is 0.317 e. The number of carbonyl (C=O) groups is 5. The van der Waals surface area contributed by atoms with Gasteiger partial charge in [0.25, 0.3) is 0 Å². The summed E-state index contributed by atoms with van der Waals surface area (Å²) in [6, 6.07) is 0. The van der Waals surface area contributed by atoms with Gasteiger partial charge in [0.15, 0.2) is 0 Å². The quantitative estimate of drug-likeness (QED) is 0.259. The van der Waals surface area contributed by atoms with E-state index in [2.05, 4.69) is 0 Å². The molecule has 2 aliphatic carbocycles. The van der Waals surface area contributed by atoms with Gasteiger partial charge in [-0.1, -0.05) is 6.92 Å². The highest BCUT2D eigenvalue weighted by molar-refractivity contribution is 5.99. The first kappa shape index (κ1) is 20.6. The van der Waals surface area contributed by atoms with E-state index in [0.717, 1.165) is 0 Å². The second kappa shape index (κ2) is 6.85. The van der Waals surface area contributed by atoms with Gasteiger partial charge in [-0.15, -0.1) is 0 Å². The van der Waals surface area contributed by atoms with Gasteiger partial charge < -0.3 is 18.9 Å². The Labute approximate surface area is 179 Å². The molecule has 0 amide bonds. The molecule has 5 fully saturated rings. The van der Waals surface area contributed by atoms with Gasteiger partial charge in [-0.3, -0.25) is 24.0 Å². The molecule has 2 bridgehead atoms. The largest absolute Gasteiger partial charge is 0.462 e. The van der Waals surface area contributed by atoms with Crippen LogP contribution in [0, 0.1) is 52.8 Å².